The van der Waals surface area contributed by atoms with Gasteiger partial charge in [-0.05, 0) is 0 Å². The van der Waals surface area contributed by atoms with Gasteiger partial charge in [-0.3, -0.25) is 0 Å². The molecule has 4 N–H and O–H groups in total. The van der Waals surface area contributed by atoms with Crippen LogP contribution in [0.1, 0.15) is 6.42 Å². The molecule has 66 valence electrons. The zero-order valence-corrected chi connectivity index (χ0v) is 6.14. The fourth-order valence-electron chi connectivity index (χ4n) is 1.04. The molecule has 5 heteroatoms. The van der Waals surface area contributed by atoms with E-state index in [2.05, 4.69) is 0 Å². The van der Waals surface area contributed by atoms with Crippen molar-refractivity contribution in [2.75, 3.05) is 13.3 Å². The van der Waals surface area contributed by atoms with Crippen LogP contribution in [0.25, 0.3) is 0 Å². The predicted molar refractivity (Wildman–Crippen MR) is 36.5 cm³/mol. The first kappa shape index (κ1) is 8.89. The molecule has 0 radical (unpaired) electrons. The van der Waals surface area contributed by atoms with Gasteiger partial charge in [-0.2, -0.15) is 0 Å². The number of ether oxygens (including phenoxy) is 2. The van der Waals surface area contributed by atoms with Gasteiger partial charge in [0.15, 0.2) is 6.29 Å². The van der Waals surface area contributed by atoms with Crippen molar-refractivity contribution in [2.24, 2.45) is 5.73 Å². The second kappa shape index (κ2) is 3.99. The van der Waals surface area contributed by atoms with E-state index in [0.717, 1.165) is 0 Å². The third-order valence-corrected chi connectivity index (χ3v) is 1.59. The quantitative estimate of drug-likeness (QED) is 0.436. The topological polar surface area (TPSA) is 84.9 Å². The van der Waals surface area contributed by atoms with E-state index in [4.69, 9.17) is 25.4 Å². The molecule has 1 heterocycles. The van der Waals surface area contributed by atoms with Gasteiger partial charge in [0.1, 0.15) is 6.10 Å². The van der Waals surface area contributed by atoms with Crippen molar-refractivity contribution < 1.29 is 19.7 Å². The van der Waals surface area contributed by atoms with Gasteiger partial charge < -0.3 is 25.4 Å². The smallest absolute Gasteiger partial charge is 0.181 e. The molecule has 5 nitrogen and oxygen atoms in total. The van der Waals surface area contributed by atoms with Gasteiger partial charge in [0, 0.05) is 6.42 Å². The van der Waals surface area contributed by atoms with E-state index in [1.807, 2.05) is 0 Å². The molecule has 3 atom stereocenters. The van der Waals surface area contributed by atoms with Crippen LogP contribution in [-0.2, 0) is 9.47 Å². The van der Waals surface area contributed by atoms with Crippen molar-refractivity contribution in [2.45, 2.75) is 24.9 Å². The lowest BCUT2D eigenvalue weighted by molar-refractivity contribution is -0.136. The van der Waals surface area contributed by atoms with E-state index >= 15 is 0 Å². The minimum absolute atomic E-state index is 0.131. The summed E-state index contributed by atoms with van der Waals surface area (Å²) >= 11 is 0. The summed E-state index contributed by atoms with van der Waals surface area (Å²) in [6.45, 7) is 0.455. The number of hydrogen-bond acceptors (Lipinski definition) is 5. The number of rotatable bonds is 3. The van der Waals surface area contributed by atoms with E-state index in [1.54, 1.807) is 0 Å². The first-order valence-electron chi connectivity index (χ1n) is 3.53. The van der Waals surface area contributed by atoms with E-state index in [0.29, 0.717) is 13.0 Å². The second-order valence-corrected chi connectivity index (χ2v) is 2.49. The van der Waals surface area contributed by atoms with Crippen LogP contribution in [-0.4, -0.2) is 42.0 Å². The third kappa shape index (κ3) is 2.39. The summed E-state index contributed by atoms with van der Waals surface area (Å²) in [6, 6.07) is 0. The molecular formula is C6H13NO4. The molecule has 11 heavy (non-hydrogen) atoms. The molecule has 0 bridgehead atoms. The van der Waals surface area contributed by atoms with Crippen molar-refractivity contribution in [3.63, 3.8) is 0 Å². The van der Waals surface area contributed by atoms with Crippen LogP contribution in [0.2, 0.25) is 0 Å². The van der Waals surface area contributed by atoms with Crippen LogP contribution in [0.3, 0.4) is 0 Å². The Morgan fingerprint density at radius 3 is 2.73 bits per heavy atom. The summed E-state index contributed by atoms with van der Waals surface area (Å²) in [5.74, 6) is 0. The van der Waals surface area contributed by atoms with Crippen LogP contribution < -0.4 is 5.73 Å². The van der Waals surface area contributed by atoms with Gasteiger partial charge in [-0.25, -0.2) is 0 Å². The van der Waals surface area contributed by atoms with Gasteiger partial charge >= 0.3 is 0 Å². The third-order valence-electron chi connectivity index (χ3n) is 1.59. The molecule has 3 unspecified atom stereocenters. The summed E-state index contributed by atoms with van der Waals surface area (Å²) < 4.78 is 9.75. The van der Waals surface area contributed by atoms with Crippen molar-refractivity contribution in [3.05, 3.63) is 0 Å². The summed E-state index contributed by atoms with van der Waals surface area (Å²) in [4.78, 5) is 0. The van der Waals surface area contributed by atoms with Gasteiger partial charge in [-0.1, -0.05) is 0 Å². The highest BCUT2D eigenvalue weighted by Gasteiger charge is 2.32. The van der Waals surface area contributed by atoms with E-state index in [-0.39, 0.29) is 12.8 Å². The summed E-state index contributed by atoms with van der Waals surface area (Å²) in [5, 5.41) is 17.9. The van der Waals surface area contributed by atoms with E-state index in [1.165, 1.54) is 0 Å². The predicted octanol–water partition coefficient (Wildman–Crippen LogP) is -1.61. The Labute approximate surface area is 64.7 Å². The van der Waals surface area contributed by atoms with Gasteiger partial charge in [0.05, 0.1) is 19.4 Å². The van der Waals surface area contributed by atoms with Crippen LogP contribution in [0.5, 0.6) is 0 Å². The fraction of sp³-hybridized carbons (Fsp3) is 1.00. The molecule has 0 amide bonds. The summed E-state index contributed by atoms with van der Waals surface area (Å²) in [7, 11) is 0. The maximum Gasteiger partial charge on any atom is 0.181 e. The van der Waals surface area contributed by atoms with Crippen molar-refractivity contribution in [1.82, 2.24) is 0 Å². The number of aliphatic hydroxyl groups excluding tert-OH is 2. The highest BCUT2D eigenvalue weighted by atomic mass is 16.6. The minimum atomic E-state index is -1.07. The average molecular weight is 163 g/mol. The first-order chi connectivity index (χ1) is 5.24. The number of aliphatic hydroxyl groups is 2. The Bertz CT molecular complexity index is 111. The highest BCUT2D eigenvalue weighted by molar-refractivity contribution is 4.74. The largest absolute Gasteiger partial charge is 0.388 e. The molecule has 1 aliphatic rings. The van der Waals surface area contributed by atoms with Gasteiger partial charge in [0.25, 0.3) is 0 Å². The number of nitrogens with two attached hydrogens (primary N) is 1. The summed E-state index contributed by atoms with van der Waals surface area (Å²) in [6.07, 6.45) is -1.69. The lowest BCUT2D eigenvalue weighted by atomic mass is 10.2. The average Bonchev–Trinajstić information content (AvgIpc) is 2.28. The maximum atomic E-state index is 9.01. The maximum absolute atomic E-state index is 9.01. The van der Waals surface area contributed by atoms with Gasteiger partial charge in [0.2, 0.25) is 0 Å². The van der Waals surface area contributed by atoms with Gasteiger partial charge in [-0.15, -0.1) is 0 Å². The first-order valence-corrected chi connectivity index (χ1v) is 3.53. The molecule has 1 rings (SSSR count). The van der Waals surface area contributed by atoms with Crippen molar-refractivity contribution >= 4 is 0 Å². The van der Waals surface area contributed by atoms with Crippen LogP contribution >= 0.6 is 0 Å². The molecule has 0 spiro atoms. The van der Waals surface area contributed by atoms with Crippen molar-refractivity contribution in [3.8, 4) is 0 Å². The zero-order valence-electron chi connectivity index (χ0n) is 6.14. The number of hydrogen-bond donors (Lipinski definition) is 3. The molecule has 1 saturated heterocycles. The Kier molecular flexibility index (Phi) is 3.22. The zero-order chi connectivity index (χ0) is 8.27. The molecule has 0 aromatic rings. The second-order valence-electron chi connectivity index (χ2n) is 2.49. The van der Waals surface area contributed by atoms with Crippen LogP contribution in [0, 0.1) is 0 Å². The Morgan fingerprint density at radius 2 is 2.27 bits per heavy atom. The molecule has 0 saturated carbocycles. The molecular weight excluding hydrogens is 150 g/mol. The lowest BCUT2D eigenvalue weighted by Crippen LogP contribution is -2.20. The molecule has 0 aromatic carbocycles. The Hall–Kier alpha value is -0.200. The SMILES string of the molecule is NCOCC1CC(O)C(O)O1. The monoisotopic (exact) mass is 163 g/mol. The highest BCUT2D eigenvalue weighted by Crippen LogP contribution is 2.18. The van der Waals surface area contributed by atoms with Crippen molar-refractivity contribution in [1.29, 1.82) is 0 Å². The van der Waals surface area contributed by atoms with E-state index < -0.39 is 12.4 Å². The van der Waals surface area contributed by atoms with Crippen LogP contribution in [0.4, 0.5) is 0 Å². The molecule has 0 aromatic heterocycles. The lowest BCUT2D eigenvalue weighted by Gasteiger charge is -2.08. The van der Waals surface area contributed by atoms with E-state index in [9.17, 15) is 0 Å². The minimum Gasteiger partial charge on any atom is -0.388 e. The van der Waals surface area contributed by atoms with Crippen LogP contribution in [0.15, 0.2) is 0 Å². The Morgan fingerprint density at radius 1 is 1.55 bits per heavy atom. The molecule has 0 aliphatic carbocycles. The normalized spacial score (nSPS) is 37.9. The molecule has 1 aliphatic heterocycles. The summed E-state index contributed by atoms with van der Waals surface area (Å²) in [5.41, 5.74) is 5.07. The molecule has 1 fully saturated rings. The fourth-order valence-corrected chi connectivity index (χ4v) is 1.04. The standard InChI is InChI=1S/C6H13NO4/c7-3-10-2-4-1-5(8)6(9)11-4/h4-6,8-9H,1-3,7H2. The Balaban J connectivity index is 2.18.